The summed E-state index contributed by atoms with van der Waals surface area (Å²) in [5.74, 6) is -1.60. The lowest BCUT2D eigenvalue weighted by molar-refractivity contribution is -0.161. The molecule has 0 aromatic heterocycles. The molecule has 0 fully saturated rings. The number of phosphoric acid groups is 2. The van der Waals surface area contributed by atoms with Gasteiger partial charge in [-0.1, -0.05) is 272 Å². The molecule has 0 amide bonds. The minimum Gasteiger partial charge on any atom is -0.463 e. The van der Waals surface area contributed by atoms with E-state index in [-0.39, 0.29) is 19.3 Å². The maximum absolute atomic E-state index is 12.8. The molecule has 18 heteroatoms. The third-order valence-corrected chi connectivity index (χ3v) is 17.1. The number of unbranched alkanes of at least 4 members (excludes halogenated alkanes) is 30. The molecule has 5 atom stereocenters. The molecule has 0 aliphatic rings. The molecule has 0 heterocycles. The van der Waals surface area contributed by atoms with Gasteiger partial charge in [-0.15, -0.1) is 0 Å². The molecule has 0 saturated heterocycles. The van der Waals surface area contributed by atoms with Crippen LogP contribution >= 0.6 is 15.6 Å². The first-order valence-corrected chi connectivity index (χ1v) is 39.5. The summed E-state index contributed by atoms with van der Waals surface area (Å²) in [7, 11) is -9.77. The second-order valence-electron chi connectivity index (χ2n) is 24.4. The topological polar surface area (TPSA) is 231 Å². The van der Waals surface area contributed by atoms with Gasteiger partial charge in [0.25, 0.3) is 0 Å². The van der Waals surface area contributed by atoms with Crippen molar-refractivity contribution in [1.82, 2.24) is 0 Å². The van der Waals surface area contributed by atoms with Gasteiger partial charge in [-0.3, -0.25) is 32.5 Å². The average molecular weight is 1350 g/mol. The normalized spacial score (nSPS) is 14.7. The van der Waals surface area contributed by atoms with Crippen molar-refractivity contribution in [3.8, 4) is 0 Å². The van der Waals surface area contributed by atoms with Crippen LogP contribution in [-0.2, 0) is 55.8 Å². The molecule has 93 heavy (non-hydrogen) atoms. The van der Waals surface area contributed by atoms with Crippen LogP contribution in [0.5, 0.6) is 0 Å². The number of aliphatic hydroxyl groups is 2. The molecule has 5 unspecified atom stereocenters. The Morgan fingerprint density at radius 3 is 0.957 bits per heavy atom. The van der Waals surface area contributed by atoms with E-state index in [4.69, 9.17) is 32.3 Å². The molecule has 0 spiro atoms. The fourth-order valence-electron chi connectivity index (χ4n) is 9.68. The molecule has 0 aromatic carbocycles. The van der Waals surface area contributed by atoms with Crippen molar-refractivity contribution < 1.29 is 75.8 Å². The Labute approximate surface area is 565 Å². The van der Waals surface area contributed by atoms with E-state index in [1.54, 1.807) is 0 Å². The molecule has 0 rings (SSSR count). The van der Waals surface area contributed by atoms with Crippen molar-refractivity contribution >= 4 is 33.6 Å². The number of phosphoric ester groups is 2. The number of esters is 3. The van der Waals surface area contributed by atoms with E-state index in [0.717, 1.165) is 141 Å². The van der Waals surface area contributed by atoms with Crippen LogP contribution in [0.4, 0.5) is 0 Å². The van der Waals surface area contributed by atoms with Crippen molar-refractivity contribution in [2.24, 2.45) is 0 Å². The van der Waals surface area contributed by atoms with E-state index in [9.17, 15) is 43.5 Å². The van der Waals surface area contributed by atoms with E-state index in [1.165, 1.54) is 103 Å². The Balaban J connectivity index is 4.29. The van der Waals surface area contributed by atoms with Gasteiger partial charge in [0.05, 0.1) is 26.4 Å². The van der Waals surface area contributed by atoms with Crippen LogP contribution < -0.4 is 0 Å². The molecule has 538 valence electrons. The van der Waals surface area contributed by atoms with E-state index in [2.05, 4.69) is 118 Å². The Bertz CT molecular complexity index is 2080. The van der Waals surface area contributed by atoms with Gasteiger partial charge >= 0.3 is 33.6 Å². The van der Waals surface area contributed by atoms with Gasteiger partial charge in [-0.25, -0.2) is 9.13 Å². The zero-order valence-electron chi connectivity index (χ0n) is 58.4. The van der Waals surface area contributed by atoms with E-state index >= 15 is 0 Å². The summed E-state index contributed by atoms with van der Waals surface area (Å²) in [6.07, 6.45) is 76.5. The molecular weight excluding hydrogens is 1220 g/mol. The number of hydrogen-bond donors (Lipinski definition) is 4. The Morgan fingerprint density at radius 2 is 0.591 bits per heavy atom. The summed E-state index contributed by atoms with van der Waals surface area (Å²) >= 11 is 0. The molecular formula is C75H132O16P2. The predicted octanol–water partition coefficient (Wildman–Crippen LogP) is 20.6. The van der Waals surface area contributed by atoms with Crippen molar-refractivity contribution in [3.63, 3.8) is 0 Å². The lowest BCUT2D eigenvalue weighted by atomic mass is 10.0. The highest BCUT2D eigenvalue weighted by Crippen LogP contribution is 2.45. The molecule has 0 saturated carbocycles. The van der Waals surface area contributed by atoms with Crippen LogP contribution in [-0.4, -0.2) is 95.9 Å². The fraction of sp³-hybridized carbons (Fsp3) is 0.747. The second kappa shape index (κ2) is 68.4. The van der Waals surface area contributed by atoms with Crippen LogP contribution in [0.15, 0.2) is 97.2 Å². The van der Waals surface area contributed by atoms with Gasteiger partial charge < -0.3 is 34.2 Å². The van der Waals surface area contributed by atoms with E-state index in [0.29, 0.717) is 19.3 Å². The third kappa shape index (κ3) is 69.6. The number of rotatable bonds is 69. The number of hydrogen-bond acceptors (Lipinski definition) is 14. The smallest absolute Gasteiger partial charge is 0.463 e. The predicted molar refractivity (Wildman–Crippen MR) is 381 cm³/mol. The zero-order chi connectivity index (χ0) is 68.1. The Hall–Kier alpha value is -3.53. The van der Waals surface area contributed by atoms with Crippen LogP contribution in [0.2, 0.25) is 0 Å². The largest absolute Gasteiger partial charge is 0.472 e. The maximum atomic E-state index is 12.8. The van der Waals surface area contributed by atoms with Crippen molar-refractivity contribution in [2.45, 2.75) is 322 Å². The summed E-state index contributed by atoms with van der Waals surface area (Å²) in [4.78, 5) is 58.2. The van der Waals surface area contributed by atoms with E-state index < -0.39 is 91.5 Å². The first-order chi connectivity index (χ1) is 45.2. The second-order valence-corrected chi connectivity index (χ2v) is 27.3. The molecule has 0 aromatic rings. The molecule has 4 N–H and O–H groups in total. The van der Waals surface area contributed by atoms with Crippen molar-refractivity contribution in [2.75, 3.05) is 39.6 Å². The number of carbonyl (C=O) groups is 3. The summed E-state index contributed by atoms with van der Waals surface area (Å²) in [6.45, 7) is 2.43. The minimum absolute atomic E-state index is 0.0921. The molecule has 16 nitrogen and oxygen atoms in total. The maximum Gasteiger partial charge on any atom is 0.472 e. The fourth-order valence-corrected chi connectivity index (χ4v) is 11.3. The number of aliphatic hydroxyl groups excluding tert-OH is 2. The number of carbonyl (C=O) groups excluding carboxylic acids is 3. The monoisotopic (exact) mass is 1350 g/mol. The van der Waals surface area contributed by atoms with Crippen LogP contribution in [0.3, 0.4) is 0 Å². The first-order valence-electron chi connectivity index (χ1n) is 36.5. The number of ether oxygens (including phenoxy) is 3. The highest BCUT2D eigenvalue weighted by Gasteiger charge is 2.29. The highest BCUT2D eigenvalue weighted by atomic mass is 31.2. The highest BCUT2D eigenvalue weighted by molar-refractivity contribution is 7.47. The first kappa shape index (κ1) is 89.5. The quantitative estimate of drug-likeness (QED) is 0.0146. The third-order valence-electron chi connectivity index (χ3n) is 15.2. The molecule has 0 radical (unpaired) electrons. The average Bonchev–Trinajstić information content (AvgIpc) is 3.07. The minimum atomic E-state index is -4.92. The zero-order valence-corrected chi connectivity index (χ0v) is 60.2. The van der Waals surface area contributed by atoms with Crippen molar-refractivity contribution in [1.29, 1.82) is 0 Å². The lowest BCUT2D eigenvalue weighted by Gasteiger charge is -2.21. The summed E-state index contributed by atoms with van der Waals surface area (Å²) in [5, 5.41) is 20.6. The van der Waals surface area contributed by atoms with Crippen LogP contribution in [0.25, 0.3) is 0 Å². The Kier molecular flexibility index (Phi) is 65.8. The van der Waals surface area contributed by atoms with Gasteiger partial charge in [-0.05, 0) is 109 Å². The number of allylic oxidation sites excluding steroid dienone is 16. The molecule has 0 bridgehead atoms. The van der Waals surface area contributed by atoms with Gasteiger partial charge in [0.1, 0.15) is 25.4 Å². The summed E-state index contributed by atoms with van der Waals surface area (Å²) in [5.41, 5.74) is 0. The van der Waals surface area contributed by atoms with Gasteiger partial charge in [0, 0.05) is 19.3 Å². The van der Waals surface area contributed by atoms with Crippen LogP contribution in [0, 0.1) is 0 Å². The van der Waals surface area contributed by atoms with Gasteiger partial charge in [-0.2, -0.15) is 0 Å². The van der Waals surface area contributed by atoms with E-state index in [1.807, 2.05) is 0 Å². The van der Waals surface area contributed by atoms with Crippen molar-refractivity contribution in [3.05, 3.63) is 97.2 Å². The summed E-state index contributed by atoms with van der Waals surface area (Å²) < 4.78 is 60.8. The lowest BCUT2D eigenvalue weighted by Crippen LogP contribution is -2.30. The Morgan fingerprint density at radius 1 is 0.312 bits per heavy atom. The summed E-state index contributed by atoms with van der Waals surface area (Å²) in [6, 6.07) is 0. The van der Waals surface area contributed by atoms with Gasteiger partial charge in [0.15, 0.2) is 6.10 Å². The van der Waals surface area contributed by atoms with Gasteiger partial charge in [0.2, 0.25) is 0 Å². The standard InChI is InChI=1S/C75H132O16P2/c1-4-7-10-13-16-19-22-24-25-26-27-28-29-30-31-32-33-34-35-36-37-38-39-40-41-42-43-45-48-49-52-55-58-61-73(78)85-64-70(76)65-87-92(81,82)88-66-71(77)67-89-93(83,84)90-69-72(91-75(80)63-60-57-54-51-46-21-18-15-12-9-6-3)68-86-74(79)62-59-56-53-50-47-44-23-20-17-14-11-8-5-2/h7,10-11,14-16,18-20,23-25,27-28,30-31,70-72,76-77H,4-6,8-9,12-13,17,21-22,26,29,32-69H2,1-3H3,(H,81,82)(H,83,84)/b10-7-,14-11-,18-15-,19-16-,23-20-,25-24-,28-27-,31-30-. The SMILES string of the molecule is CC/C=C\C/C=C\C/C=C\C/C=C\C/C=C\CCCCCCCCCCCCCCCCCCCC(=O)OCC(O)COP(=O)(O)OCC(O)COP(=O)(O)OCC(COC(=O)CCCCCCC/C=C\C/C=C\CCC)OC(=O)CCCCCCC/C=C\CCCC. The molecule has 0 aliphatic heterocycles. The molecule has 0 aliphatic carbocycles. The van der Waals surface area contributed by atoms with Crippen LogP contribution in [0.1, 0.15) is 303 Å².